The Bertz CT molecular complexity index is 720. The molecule has 8 atom stereocenters. The first-order chi connectivity index (χ1) is 13.8. The number of cyclic esters (lactones) is 1. The smallest absolute Gasteiger partial charge is 0.309 e. The van der Waals surface area contributed by atoms with Crippen LogP contribution < -0.4 is 0 Å². The van der Waals surface area contributed by atoms with Crippen LogP contribution in [-0.4, -0.2) is 53.3 Å². The first-order valence-corrected chi connectivity index (χ1v) is 11.1. The molecule has 0 N–H and O–H groups in total. The average Bonchev–Trinajstić information content (AvgIpc) is 3.09. The van der Waals surface area contributed by atoms with Crippen molar-refractivity contribution in [2.75, 3.05) is 6.54 Å². The Hall–Kier alpha value is -1.92. The molecule has 0 aromatic heterocycles. The van der Waals surface area contributed by atoms with Gasteiger partial charge in [-0.15, -0.1) is 0 Å². The van der Waals surface area contributed by atoms with E-state index >= 15 is 0 Å². The molecule has 0 aromatic rings. The summed E-state index contributed by atoms with van der Waals surface area (Å²) in [4.78, 5) is 53.3. The highest BCUT2D eigenvalue weighted by molar-refractivity contribution is 5.91. The number of ketones is 1. The molecule has 7 heteroatoms. The fraction of sp³-hybridized carbons (Fsp3) is 0.818. The van der Waals surface area contributed by atoms with Crippen molar-refractivity contribution < 1.29 is 28.7 Å². The molecule has 2 bridgehead atoms. The number of fused-ring (bicyclic) bond motifs is 3. The van der Waals surface area contributed by atoms with Crippen molar-refractivity contribution in [3.8, 4) is 0 Å². The van der Waals surface area contributed by atoms with E-state index in [-0.39, 0.29) is 47.8 Å². The Kier molecular flexibility index (Phi) is 5.42. The standard InChI is InChI=1S/C22H31NO6/c1-4-13-14-7-5-6-8-23(20(14)25)15(17-9-11(2)21(26)28-17)10-16(24)18-12(3)22(27)29-19(13)18/h11-15,17-19H,4-10H2,1-3H3/t11-,12+,13+,14+,15-,17-,18+,19-/m1/s1. The van der Waals surface area contributed by atoms with Crippen LogP contribution in [0.25, 0.3) is 0 Å². The molecule has 4 saturated heterocycles. The van der Waals surface area contributed by atoms with Gasteiger partial charge in [0.1, 0.15) is 18.0 Å². The highest BCUT2D eigenvalue weighted by Crippen LogP contribution is 2.43. The summed E-state index contributed by atoms with van der Waals surface area (Å²) in [6.45, 7) is 6.15. The normalized spacial score (nSPS) is 43.1. The molecule has 4 rings (SSSR count). The molecule has 4 heterocycles. The first-order valence-electron chi connectivity index (χ1n) is 11.1. The number of nitrogens with zero attached hydrogens (tertiary/aromatic N) is 1. The van der Waals surface area contributed by atoms with Gasteiger partial charge in [0.2, 0.25) is 5.91 Å². The second-order valence-electron chi connectivity index (χ2n) is 9.27. The summed E-state index contributed by atoms with van der Waals surface area (Å²) in [5.41, 5.74) is 0. The number of carbonyl (C=O) groups is 4. The summed E-state index contributed by atoms with van der Waals surface area (Å²) in [6.07, 6.45) is 2.84. The maximum Gasteiger partial charge on any atom is 0.309 e. The van der Waals surface area contributed by atoms with Crippen LogP contribution in [0.4, 0.5) is 0 Å². The van der Waals surface area contributed by atoms with Crippen LogP contribution >= 0.6 is 0 Å². The summed E-state index contributed by atoms with van der Waals surface area (Å²) in [6, 6.07) is -0.455. The van der Waals surface area contributed by atoms with Crippen molar-refractivity contribution in [1.82, 2.24) is 4.90 Å². The zero-order valence-corrected chi connectivity index (χ0v) is 17.5. The van der Waals surface area contributed by atoms with E-state index in [2.05, 4.69) is 0 Å². The second-order valence-corrected chi connectivity index (χ2v) is 9.27. The summed E-state index contributed by atoms with van der Waals surface area (Å²) in [5, 5.41) is 0. The molecule has 0 saturated carbocycles. The van der Waals surface area contributed by atoms with Crippen LogP contribution in [0.5, 0.6) is 0 Å². The van der Waals surface area contributed by atoms with Gasteiger partial charge in [-0.2, -0.15) is 0 Å². The quantitative estimate of drug-likeness (QED) is 0.654. The van der Waals surface area contributed by atoms with E-state index in [1.165, 1.54) is 0 Å². The summed E-state index contributed by atoms with van der Waals surface area (Å²) in [7, 11) is 0. The minimum atomic E-state index is -0.535. The molecule has 7 nitrogen and oxygen atoms in total. The molecule has 4 aliphatic heterocycles. The summed E-state index contributed by atoms with van der Waals surface area (Å²) < 4.78 is 11.3. The topological polar surface area (TPSA) is 90.0 Å². The van der Waals surface area contributed by atoms with Crippen molar-refractivity contribution in [2.24, 2.45) is 29.6 Å². The minimum Gasteiger partial charge on any atom is -0.461 e. The molecule has 4 aliphatic rings. The van der Waals surface area contributed by atoms with E-state index in [0.29, 0.717) is 19.4 Å². The van der Waals surface area contributed by atoms with Gasteiger partial charge in [0.05, 0.1) is 23.8 Å². The lowest BCUT2D eigenvalue weighted by Gasteiger charge is -2.36. The molecule has 4 fully saturated rings. The molecule has 0 aromatic carbocycles. The largest absolute Gasteiger partial charge is 0.461 e. The minimum absolute atomic E-state index is 0.0269. The van der Waals surface area contributed by atoms with Gasteiger partial charge < -0.3 is 14.4 Å². The van der Waals surface area contributed by atoms with E-state index in [1.807, 2.05) is 18.7 Å². The van der Waals surface area contributed by atoms with Crippen molar-refractivity contribution >= 4 is 23.6 Å². The number of Topliss-reactive ketones (excluding diaryl/α,β-unsaturated/α-hetero) is 1. The lowest BCUT2D eigenvalue weighted by molar-refractivity contribution is -0.153. The van der Waals surface area contributed by atoms with Crippen LogP contribution in [0.15, 0.2) is 0 Å². The third kappa shape index (κ3) is 3.36. The Morgan fingerprint density at radius 1 is 1.03 bits per heavy atom. The Balaban J connectivity index is 1.76. The van der Waals surface area contributed by atoms with Crippen LogP contribution in [0, 0.1) is 29.6 Å². The van der Waals surface area contributed by atoms with Crippen molar-refractivity contribution in [3.63, 3.8) is 0 Å². The number of hydrogen-bond donors (Lipinski definition) is 0. The molecular formula is C22H31NO6. The maximum absolute atomic E-state index is 13.6. The molecule has 0 radical (unpaired) electrons. The van der Waals surface area contributed by atoms with Crippen LogP contribution in [0.1, 0.15) is 59.3 Å². The first kappa shape index (κ1) is 20.4. The predicted octanol–water partition coefficient (Wildman–Crippen LogP) is 2.11. The number of esters is 2. The summed E-state index contributed by atoms with van der Waals surface area (Å²) in [5.74, 6) is -2.32. The molecule has 0 aliphatic carbocycles. The number of amides is 1. The van der Waals surface area contributed by atoms with Crippen LogP contribution in [-0.2, 0) is 28.7 Å². The fourth-order valence-electron chi connectivity index (χ4n) is 5.91. The number of carbonyl (C=O) groups excluding carboxylic acids is 4. The zero-order chi connectivity index (χ0) is 20.9. The van der Waals surface area contributed by atoms with Crippen molar-refractivity contribution in [2.45, 2.75) is 77.5 Å². The SMILES string of the molecule is CC[C@@H]1[C@H]2OC(=O)[C@@H](C)[C@H]2C(=O)C[C@H]([C@H]2C[C@@H](C)C(=O)O2)N2CCCC[C@@H]1C2=O. The van der Waals surface area contributed by atoms with Crippen molar-refractivity contribution in [1.29, 1.82) is 0 Å². The highest BCUT2D eigenvalue weighted by atomic mass is 16.6. The molecule has 0 spiro atoms. The lowest BCUT2D eigenvalue weighted by Crippen LogP contribution is -2.50. The van der Waals surface area contributed by atoms with Gasteiger partial charge in [-0.1, -0.05) is 27.2 Å². The third-order valence-corrected chi connectivity index (χ3v) is 7.56. The predicted molar refractivity (Wildman–Crippen MR) is 102 cm³/mol. The van der Waals surface area contributed by atoms with Gasteiger partial charge in [0, 0.05) is 24.8 Å². The van der Waals surface area contributed by atoms with Crippen LogP contribution in [0.2, 0.25) is 0 Å². The Labute approximate surface area is 171 Å². The summed E-state index contributed by atoms with van der Waals surface area (Å²) >= 11 is 0. The maximum atomic E-state index is 13.6. The molecule has 160 valence electrons. The Morgan fingerprint density at radius 3 is 2.45 bits per heavy atom. The average molecular weight is 405 g/mol. The highest BCUT2D eigenvalue weighted by Gasteiger charge is 2.55. The van der Waals surface area contributed by atoms with E-state index < -0.39 is 30.1 Å². The number of hydrogen-bond acceptors (Lipinski definition) is 6. The monoisotopic (exact) mass is 405 g/mol. The van der Waals surface area contributed by atoms with Gasteiger partial charge >= 0.3 is 11.9 Å². The lowest BCUT2D eigenvalue weighted by atomic mass is 9.74. The van der Waals surface area contributed by atoms with Crippen LogP contribution in [0.3, 0.4) is 0 Å². The zero-order valence-electron chi connectivity index (χ0n) is 17.5. The number of rotatable bonds is 2. The Morgan fingerprint density at radius 2 is 1.79 bits per heavy atom. The van der Waals surface area contributed by atoms with E-state index in [1.54, 1.807) is 6.92 Å². The van der Waals surface area contributed by atoms with E-state index in [9.17, 15) is 19.2 Å². The molecule has 0 unspecified atom stereocenters. The van der Waals surface area contributed by atoms with Gasteiger partial charge in [-0.3, -0.25) is 19.2 Å². The van der Waals surface area contributed by atoms with E-state index in [0.717, 1.165) is 19.3 Å². The third-order valence-electron chi connectivity index (χ3n) is 7.56. The second kappa shape index (κ2) is 7.73. The molecule has 1 amide bonds. The fourth-order valence-corrected chi connectivity index (χ4v) is 5.91. The van der Waals surface area contributed by atoms with Crippen molar-refractivity contribution in [3.05, 3.63) is 0 Å². The molecular weight excluding hydrogens is 374 g/mol. The van der Waals surface area contributed by atoms with Gasteiger partial charge in [0.15, 0.2) is 0 Å². The van der Waals surface area contributed by atoms with Gasteiger partial charge in [-0.25, -0.2) is 0 Å². The number of ether oxygens (including phenoxy) is 2. The van der Waals surface area contributed by atoms with Gasteiger partial charge in [-0.05, 0) is 25.7 Å². The van der Waals surface area contributed by atoms with Gasteiger partial charge in [0.25, 0.3) is 0 Å². The van der Waals surface area contributed by atoms with E-state index in [4.69, 9.17) is 9.47 Å². The molecule has 29 heavy (non-hydrogen) atoms.